The van der Waals surface area contributed by atoms with Crippen LogP contribution in [0.1, 0.15) is 32.6 Å². The molecule has 0 radical (unpaired) electrons. The molecule has 156 valence electrons. The third-order valence-corrected chi connectivity index (χ3v) is 4.87. The van der Waals surface area contributed by atoms with E-state index in [-0.39, 0.29) is 5.97 Å². The number of hydrogen-bond donors (Lipinski definition) is 1. The molecule has 0 atom stereocenters. The summed E-state index contributed by atoms with van der Waals surface area (Å²) in [4.78, 5) is 20.6. The maximum Gasteiger partial charge on any atom is 0.305 e. The summed E-state index contributed by atoms with van der Waals surface area (Å²) >= 11 is 0. The zero-order valence-electron chi connectivity index (χ0n) is 17.4. The molecule has 1 N–H and O–H groups in total. The molecule has 0 aromatic heterocycles. The summed E-state index contributed by atoms with van der Waals surface area (Å²) in [6.07, 6.45) is 3.31. The minimum atomic E-state index is -0.134. The quantitative estimate of drug-likeness (QED) is 0.302. The van der Waals surface area contributed by atoms with Gasteiger partial charge >= 0.3 is 5.97 Å². The van der Waals surface area contributed by atoms with E-state index >= 15 is 0 Å². The van der Waals surface area contributed by atoms with Crippen molar-refractivity contribution in [1.82, 2.24) is 10.2 Å². The van der Waals surface area contributed by atoms with Crippen molar-refractivity contribution in [2.45, 2.75) is 32.6 Å². The molecule has 1 fully saturated rings. The van der Waals surface area contributed by atoms with Gasteiger partial charge in [0.25, 0.3) is 0 Å². The van der Waals surface area contributed by atoms with Gasteiger partial charge in [0, 0.05) is 45.7 Å². The van der Waals surface area contributed by atoms with Crippen LogP contribution in [0.5, 0.6) is 5.75 Å². The smallest absolute Gasteiger partial charge is 0.305 e. The van der Waals surface area contributed by atoms with E-state index in [0.717, 1.165) is 75.9 Å². The van der Waals surface area contributed by atoms with Crippen molar-refractivity contribution in [3.63, 3.8) is 0 Å². The second kappa shape index (κ2) is 12.1. The molecule has 1 heterocycles. The van der Waals surface area contributed by atoms with E-state index in [4.69, 9.17) is 9.73 Å². The third-order valence-electron chi connectivity index (χ3n) is 4.87. The summed E-state index contributed by atoms with van der Waals surface area (Å²) in [5, 5.41) is 3.41. The summed E-state index contributed by atoms with van der Waals surface area (Å²) in [5.74, 6) is 1.77. The van der Waals surface area contributed by atoms with E-state index in [2.05, 4.69) is 38.9 Å². The minimum absolute atomic E-state index is 0.134. The van der Waals surface area contributed by atoms with Gasteiger partial charge in [0.1, 0.15) is 5.75 Å². The largest absolute Gasteiger partial charge is 0.495 e. The first kappa shape index (κ1) is 21.9. The number of rotatable bonds is 9. The van der Waals surface area contributed by atoms with Crippen molar-refractivity contribution in [2.75, 3.05) is 58.4 Å². The van der Waals surface area contributed by atoms with Gasteiger partial charge in [-0.3, -0.25) is 9.79 Å². The van der Waals surface area contributed by atoms with E-state index in [0.29, 0.717) is 6.42 Å². The molecule has 1 aromatic carbocycles. The molecule has 0 amide bonds. The normalized spacial score (nSPS) is 14.8. The Labute approximate surface area is 168 Å². The van der Waals surface area contributed by atoms with Crippen molar-refractivity contribution < 1.29 is 14.3 Å². The van der Waals surface area contributed by atoms with Gasteiger partial charge in [0.05, 0.1) is 19.9 Å². The topological polar surface area (TPSA) is 66.4 Å². The number of anilines is 1. The summed E-state index contributed by atoms with van der Waals surface area (Å²) in [7, 11) is 3.15. The van der Waals surface area contributed by atoms with Gasteiger partial charge in [0.2, 0.25) is 0 Å². The first-order valence-electron chi connectivity index (χ1n) is 10.2. The van der Waals surface area contributed by atoms with Crippen LogP contribution >= 0.6 is 0 Å². The van der Waals surface area contributed by atoms with E-state index in [1.807, 2.05) is 12.1 Å². The predicted octanol–water partition coefficient (Wildman–Crippen LogP) is 2.52. The zero-order valence-corrected chi connectivity index (χ0v) is 17.4. The molecule has 1 aliphatic rings. The molecule has 2 rings (SSSR count). The van der Waals surface area contributed by atoms with Crippen LogP contribution in [0.15, 0.2) is 29.3 Å². The van der Waals surface area contributed by atoms with Crippen molar-refractivity contribution >= 4 is 17.6 Å². The Kier molecular flexibility index (Phi) is 9.45. The molecule has 0 spiro atoms. The van der Waals surface area contributed by atoms with Crippen molar-refractivity contribution in [3.05, 3.63) is 24.3 Å². The van der Waals surface area contributed by atoms with E-state index < -0.39 is 0 Å². The second-order valence-corrected chi connectivity index (χ2v) is 6.77. The van der Waals surface area contributed by atoms with Crippen LogP contribution < -0.4 is 15.0 Å². The number of carbonyl (C=O) groups is 1. The number of nitrogens with one attached hydrogen (secondary N) is 1. The number of benzene rings is 1. The molecular weight excluding hydrogens is 356 g/mol. The van der Waals surface area contributed by atoms with Crippen LogP contribution in [-0.4, -0.2) is 70.3 Å². The number of ether oxygens (including phenoxy) is 2. The van der Waals surface area contributed by atoms with Gasteiger partial charge in [-0.2, -0.15) is 0 Å². The van der Waals surface area contributed by atoms with Crippen molar-refractivity contribution in [1.29, 1.82) is 0 Å². The molecule has 28 heavy (non-hydrogen) atoms. The SMILES string of the molecule is CCNC(=NCCCCCC(=O)OC)N1CCN(c2ccccc2OC)CC1. The van der Waals surface area contributed by atoms with Crippen LogP contribution in [0.2, 0.25) is 0 Å². The average molecular weight is 391 g/mol. The molecular formula is C21H34N4O3. The molecule has 7 nitrogen and oxygen atoms in total. The lowest BCUT2D eigenvalue weighted by Gasteiger charge is -2.38. The number of esters is 1. The molecule has 1 aromatic rings. The summed E-state index contributed by atoms with van der Waals surface area (Å²) in [6, 6.07) is 8.17. The highest BCUT2D eigenvalue weighted by molar-refractivity contribution is 5.80. The standard InChI is InChI=1S/C21H34N4O3/c1-4-22-21(23-13-9-5-6-12-20(26)28-3)25-16-14-24(15-17-25)18-10-7-8-11-19(18)27-2/h7-8,10-11H,4-6,9,12-17H2,1-3H3,(H,22,23). The highest BCUT2D eigenvalue weighted by Crippen LogP contribution is 2.28. The van der Waals surface area contributed by atoms with Gasteiger partial charge in [-0.15, -0.1) is 0 Å². The third kappa shape index (κ3) is 6.62. The Morgan fingerprint density at radius 3 is 2.54 bits per heavy atom. The number of nitrogens with zero attached hydrogens (tertiary/aromatic N) is 3. The predicted molar refractivity (Wildman–Crippen MR) is 113 cm³/mol. The van der Waals surface area contributed by atoms with Gasteiger partial charge in [-0.05, 0) is 31.9 Å². The maximum absolute atomic E-state index is 11.1. The fourth-order valence-corrected chi connectivity index (χ4v) is 3.32. The fourth-order valence-electron chi connectivity index (χ4n) is 3.32. The van der Waals surface area contributed by atoms with Gasteiger partial charge in [0.15, 0.2) is 5.96 Å². The molecule has 0 aliphatic carbocycles. The van der Waals surface area contributed by atoms with Gasteiger partial charge < -0.3 is 24.6 Å². The lowest BCUT2D eigenvalue weighted by molar-refractivity contribution is -0.140. The number of piperazine rings is 1. The Balaban J connectivity index is 1.82. The van der Waals surface area contributed by atoms with Crippen LogP contribution in [0.25, 0.3) is 0 Å². The molecule has 0 saturated carbocycles. The number of guanidine groups is 1. The Morgan fingerprint density at radius 2 is 1.86 bits per heavy atom. The first-order chi connectivity index (χ1) is 13.7. The number of para-hydroxylation sites is 2. The van der Waals surface area contributed by atoms with Gasteiger partial charge in [-0.1, -0.05) is 18.6 Å². The first-order valence-corrected chi connectivity index (χ1v) is 10.2. The number of aliphatic imine (C=N–C) groups is 1. The minimum Gasteiger partial charge on any atom is -0.495 e. The van der Waals surface area contributed by atoms with Crippen molar-refractivity contribution in [3.8, 4) is 5.75 Å². The fraction of sp³-hybridized carbons (Fsp3) is 0.619. The van der Waals surface area contributed by atoms with E-state index in [1.165, 1.54) is 7.11 Å². The highest BCUT2D eigenvalue weighted by atomic mass is 16.5. The Bertz CT molecular complexity index is 628. The molecule has 1 aliphatic heterocycles. The Hall–Kier alpha value is -2.44. The lowest BCUT2D eigenvalue weighted by atomic mass is 10.2. The van der Waals surface area contributed by atoms with E-state index in [1.54, 1.807) is 7.11 Å². The number of carbonyl (C=O) groups excluding carboxylic acids is 1. The van der Waals surface area contributed by atoms with Crippen LogP contribution in [0.4, 0.5) is 5.69 Å². The maximum atomic E-state index is 11.1. The number of unbranched alkanes of at least 4 members (excludes halogenated alkanes) is 2. The Morgan fingerprint density at radius 1 is 1.11 bits per heavy atom. The average Bonchev–Trinajstić information content (AvgIpc) is 2.75. The monoisotopic (exact) mass is 390 g/mol. The second-order valence-electron chi connectivity index (χ2n) is 6.77. The highest BCUT2D eigenvalue weighted by Gasteiger charge is 2.21. The number of hydrogen-bond acceptors (Lipinski definition) is 5. The lowest BCUT2D eigenvalue weighted by Crippen LogP contribution is -2.52. The molecule has 7 heteroatoms. The summed E-state index contributed by atoms with van der Waals surface area (Å²) in [5.41, 5.74) is 1.15. The molecule has 0 unspecified atom stereocenters. The summed E-state index contributed by atoms with van der Waals surface area (Å²) < 4.78 is 10.2. The number of methoxy groups -OCH3 is 2. The molecule has 1 saturated heterocycles. The van der Waals surface area contributed by atoms with E-state index in [9.17, 15) is 4.79 Å². The molecule has 0 bridgehead atoms. The zero-order chi connectivity index (χ0) is 20.2. The van der Waals surface area contributed by atoms with Crippen LogP contribution in [0.3, 0.4) is 0 Å². The van der Waals surface area contributed by atoms with Crippen LogP contribution in [0, 0.1) is 0 Å². The van der Waals surface area contributed by atoms with Crippen molar-refractivity contribution in [2.24, 2.45) is 4.99 Å². The summed E-state index contributed by atoms with van der Waals surface area (Å²) in [6.45, 7) is 7.44. The van der Waals surface area contributed by atoms with Gasteiger partial charge in [-0.25, -0.2) is 0 Å². The van der Waals surface area contributed by atoms with Crippen LogP contribution in [-0.2, 0) is 9.53 Å².